The van der Waals surface area contributed by atoms with Crippen LogP contribution in [0.1, 0.15) is 99.1 Å². The number of amides is 4. The van der Waals surface area contributed by atoms with Crippen molar-refractivity contribution in [1.82, 2.24) is 5.32 Å². The summed E-state index contributed by atoms with van der Waals surface area (Å²) in [4.78, 5) is 60.2. The van der Waals surface area contributed by atoms with Gasteiger partial charge in [0.1, 0.15) is 6.29 Å². The summed E-state index contributed by atoms with van der Waals surface area (Å²) in [5, 5.41) is 15.0. The van der Waals surface area contributed by atoms with Crippen LogP contribution >= 0.6 is 23.5 Å². The topological polar surface area (TPSA) is 349 Å². The minimum absolute atomic E-state index is 0.0353. The van der Waals surface area contributed by atoms with Gasteiger partial charge in [-0.05, 0) is 96.6 Å². The summed E-state index contributed by atoms with van der Waals surface area (Å²) in [5.41, 5.74) is 49.6. The van der Waals surface area contributed by atoms with Gasteiger partial charge in [-0.2, -0.15) is 0 Å². The Kier molecular flexibility index (Phi) is 21.0. The number of nitrogens with zero attached hydrogens (tertiary/aromatic N) is 1. The lowest BCUT2D eigenvalue weighted by molar-refractivity contribution is -0.118. The lowest BCUT2D eigenvalue weighted by Crippen LogP contribution is -2.46. The molecule has 18 nitrogen and oxygen atoms in total. The van der Waals surface area contributed by atoms with Crippen LogP contribution < -0.4 is 72.5 Å². The molecule has 3 aromatic rings. The van der Waals surface area contributed by atoms with E-state index in [-0.39, 0.29) is 33.8 Å². The van der Waals surface area contributed by atoms with Crippen LogP contribution in [0.4, 0.5) is 22.7 Å². The maximum atomic E-state index is 14.1. The minimum Gasteiger partial charge on any atom is -0.370 e. The fourth-order valence-electron chi connectivity index (χ4n) is 6.14. The Labute approximate surface area is 385 Å². The van der Waals surface area contributed by atoms with Gasteiger partial charge in [-0.1, -0.05) is 47.6 Å². The van der Waals surface area contributed by atoms with E-state index in [1.807, 2.05) is 65.8 Å². The lowest BCUT2D eigenvalue weighted by atomic mass is 9.86. The average Bonchev–Trinajstić information content (AvgIpc) is 3.22. The number of hydrogen-bond acceptors (Lipinski definition) is 14. The highest BCUT2D eigenvalue weighted by atomic mass is 32.2. The SMILES string of the molecule is CC(C)(C)c1cc(NC(=O)c2cccc(C(=O)Nc3cc(C(C)(C)C)cc(NC(=O)C(N)CCCNC(N)N)c3SCCN)c2)c(SCCN)c(NC(=O)C(N)CCCN=C(N)N)c1. The molecule has 0 spiro atoms. The van der Waals surface area contributed by atoms with Gasteiger partial charge in [0.15, 0.2) is 5.96 Å². The van der Waals surface area contributed by atoms with E-state index in [1.165, 1.54) is 29.6 Å². The number of aliphatic imine (C=N–C) groups is 1. The smallest absolute Gasteiger partial charge is 0.255 e. The van der Waals surface area contributed by atoms with E-state index in [0.29, 0.717) is 95.9 Å². The molecule has 2 unspecified atom stereocenters. The zero-order valence-corrected chi connectivity index (χ0v) is 39.6. The molecule has 0 aromatic heterocycles. The van der Waals surface area contributed by atoms with Crippen molar-refractivity contribution < 1.29 is 19.2 Å². The highest BCUT2D eigenvalue weighted by molar-refractivity contribution is 7.99. The van der Waals surface area contributed by atoms with Gasteiger partial charge in [0, 0.05) is 42.3 Å². The van der Waals surface area contributed by atoms with Gasteiger partial charge in [0.25, 0.3) is 11.8 Å². The maximum Gasteiger partial charge on any atom is 0.255 e. The van der Waals surface area contributed by atoms with Crippen molar-refractivity contribution in [2.75, 3.05) is 59.0 Å². The molecule has 21 N–H and O–H groups in total. The zero-order chi connectivity index (χ0) is 47.8. The number of nitrogens with one attached hydrogen (secondary N) is 5. The van der Waals surface area contributed by atoms with Crippen LogP contribution in [-0.4, -0.2) is 85.6 Å². The second-order valence-corrected chi connectivity index (χ2v) is 19.5. The van der Waals surface area contributed by atoms with E-state index in [9.17, 15) is 19.2 Å². The Hall–Kier alpha value is -4.77. The number of guanidine groups is 1. The molecule has 0 aliphatic heterocycles. The molecule has 0 saturated heterocycles. The molecular formula is C44H70N14O4S2. The fourth-order valence-corrected chi connectivity index (χ4v) is 7.85. The molecule has 2 atom stereocenters. The van der Waals surface area contributed by atoms with Crippen LogP contribution in [0.5, 0.6) is 0 Å². The maximum absolute atomic E-state index is 14.1. The summed E-state index contributed by atoms with van der Waals surface area (Å²) >= 11 is 2.77. The van der Waals surface area contributed by atoms with Crippen molar-refractivity contribution in [1.29, 1.82) is 0 Å². The lowest BCUT2D eigenvalue weighted by Gasteiger charge is -2.25. The van der Waals surface area contributed by atoms with Gasteiger partial charge in [-0.3, -0.25) is 29.5 Å². The van der Waals surface area contributed by atoms with Crippen molar-refractivity contribution in [3.63, 3.8) is 0 Å². The monoisotopic (exact) mass is 923 g/mol. The Bertz CT molecular complexity index is 2100. The molecule has 64 heavy (non-hydrogen) atoms. The number of hydrogen-bond donors (Lipinski definition) is 13. The molecule has 0 radical (unpaired) electrons. The summed E-state index contributed by atoms with van der Waals surface area (Å²) in [6.07, 6.45) is 1.13. The van der Waals surface area contributed by atoms with Gasteiger partial charge in [-0.15, -0.1) is 23.5 Å². The summed E-state index contributed by atoms with van der Waals surface area (Å²) in [5.74, 6) is -0.816. The molecule has 4 amide bonds. The molecule has 3 rings (SSSR count). The van der Waals surface area contributed by atoms with Crippen LogP contribution in [0.15, 0.2) is 63.3 Å². The second-order valence-electron chi connectivity index (χ2n) is 17.3. The van der Waals surface area contributed by atoms with Gasteiger partial charge < -0.3 is 67.1 Å². The normalized spacial score (nSPS) is 12.6. The van der Waals surface area contributed by atoms with Crippen LogP contribution in [0.25, 0.3) is 0 Å². The van der Waals surface area contributed by atoms with Crippen molar-refractivity contribution >= 4 is 75.9 Å². The summed E-state index contributed by atoms with van der Waals surface area (Å²) in [7, 11) is 0. The van der Waals surface area contributed by atoms with E-state index >= 15 is 0 Å². The Balaban J connectivity index is 1.98. The van der Waals surface area contributed by atoms with Crippen molar-refractivity contribution in [2.45, 2.75) is 106 Å². The zero-order valence-electron chi connectivity index (χ0n) is 37.9. The first kappa shape index (κ1) is 53.6. The molecule has 0 heterocycles. The molecule has 0 saturated carbocycles. The molecule has 20 heteroatoms. The molecular weight excluding hydrogens is 853 g/mol. The van der Waals surface area contributed by atoms with E-state index in [4.69, 9.17) is 45.9 Å². The van der Waals surface area contributed by atoms with Gasteiger partial charge in [0.2, 0.25) is 11.8 Å². The Morgan fingerprint density at radius 2 is 1.03 bits per heavy atom. The van der Waals surface area contributed by atoms with E-state index in [1.54, 1.807) is 18.2 Å². The summed E-state index contributed by atoms with van der Waals surface area (Å²) < 4.78 is 0. The van der Waals surface area contributed by atoms with Gasteiger partial charge in [-0.25, -0.2) is 0 Å². The van der Waals surface area contributed by atoms with E-state index in [0.717, 1.165) is 11.1 Å². The third kappa shape index (κ3) is 17.0. The molecule has 0 fully saturated rings. The summed E-state index contributed by atoms with van der Waals surface area (Å²) in [6, 6.07) is 12.2. The van der Waals surface area contributed by atoms with Crippen molar-refractivity contribution in [2.24, 2.45) is 50.9 Å². The molecule has 0 aliphatic carbocycles. The van der Waals surface area contributed by atoms with Crippen molar-refractivity contribution in [3.8, 4) is 0 Å². The predicted molar refractivity (Wildman–Crippen MR) is 265 cm³/mol. The average molecular weight is 923 g/mol. The Morgan fingerprint density at radius 3 is 1.41 bits per heavy atom. The second kappa shape index (κ2) is 25.1. The van der Waals surface area contributed by atoms with Gasteiger partial charge in [0.05, 0.1) is 44.6 Å². The number of rotatable bonds is 23. The first-order valence-corrected chi connectivity index (χ1v) is 23.2. The quantitative estimate of drug-likeness (QED) is 0.0214. The van der Waals surface area contributed by atoms with E-state index < -0.39 is 36.1 Å². The number of benzene rings is 3. The molecule has 352 valence electrons. The minimum atomic E-state index is -0.845. The largest absolute Gasteiger partial charge is 0.370 e. The van der Waals surface area contributed by atoms with Crippen LogP contribution in [0.2, 0.25) is 0 Å². The number of carbonyl (C=O) groups excluding carboxylic acids is 4. The first-order valence-electron chi connectivity index (χ1n) is 21.2. The van der Waals surface area contributed by atoms with Crippen LogP contribution in [0.3, 0.4) is 0 Å². The van der Waals surface area contributed by atoms with Crippen LogP contribution in [0, 0.1) is 0 Å². The highest BCUT2D eigenvalue weighted by Crippen LogP contribution is 2.41. The standard InChI is InChI=1S/C44H70N14O4S2/c1-43(2,3)27-21-31(35(63-18-14-45)33(23-27)57-39(61)29(47)12-8-16-53-41(49)50)55-37(59)25-10-7-11-26(20-25)38(60)56-32-22-28(44(4,5)6)24-34(36(32)64-19-15-46)58-40(62)30(48)13-9-17-54-42(51)52/h7,10-11,20-24,29-30,41,53H,8-9,12-19,45-50H2,1-6H3,(H,55,59)(H,56,60)(H,57,61)(H,58,62)(H4,51,52,54). The number of thioether (sulfide) groups is 2. The van der Waals surface area contributed by atoms with Crippen molar-refractivity contribution in [3.05, 3.63) is 70.8 Å². The van der Waals surface area contributed by atoms with E-state index in [2.05, 4.69) is 31.6 Å². The first-order chi connectivity index (χ1) is 30.0. The fraction of sp³-hybridized carbons (Fsp3) is 0.477. The van der Waals surface area contributed by atoms with Gasteiger partial charge >= 0.3 is 0 Å². The third-order valence-corrected chi connectivity index (χ3v) is 12.1. The summed E-state index contributed by atoms with van der Waals surface area (Å²) in [6.45, 7) is 13.6. The molecule has 3 aromatic carbocycles. The predicted octanol–water partition coefficient (Wildman–Crippen LogP) is 3.04. The number of anilines is 4. The third-order valence-electron chi connectivity index (χ3n) is 9.75. The molecule has 0 aliphatic rings. The van der Waals surface area contributed by atoms with Crippen LogP contribution in [-0.2, 0) is 20.4 Å². The molecule has 0 bridgehead atoms. The number of carbonyl (C=O) groups is 4. The highest BCUT2D eigenvalue weighted by Gasteiger charge is 2.26. The number of nitrogens with two attached hydrogens (primary N) is 8. The Morgan fingerprint density at radius 1 is 0.625 bits per heavy atom.